The first kappa shape index (κ1) is 14.4. The molecule has 2 rings (SSSR count). The highest BCUT2D eigenvalue weighted by atomic mass is 32.2. The van der Waals surface area contributed by atoms with Crippen molar-refractivity contribution in [2.45, 2.75) is 24.5 Å². The Morgan fingerprint density at radius 1 is 1.25 bits per heavy atom. The van der Waals surface area contributed by atoms with E-state index in [2.05, 4.69) is 0 Å². The normalized spacial score (nSPS) is 11.9. The third kappa shape index (κ3) is 2.94. The zero-order valence-electron chi connectivity index (χ0n) is 11.3. The number of halogens is 1. The van der Waals surface area contributed by atoms with Crippen molar-refractivity contribution in [1.29, 1.82) is 5.26 Å². The predicted molar refractivity (Wildman–Crippen MR) is 77.1 cm³/mol. The molecule has 0 aliphatic heterocycles. The third-order valence-electron chi connectivity index (χ3n) is 3.06. The monoisotopic (exact) mass is 287 g/mol. The van der Waals surface area contributed by atoms with Crippen molar-refractivity contribution in [3.05, 3.63) is 64.5 Å². The number of aryl methyl sites for hydroxylation is 2. The van der Waals surface area contributed by atoms with E-state index in [1.165, 1.54) is 6.07 Å². The molecule has 0 saturated heterocycles. The molecule has 2 aromatic rings. The Kier molecular flexibility index (Phi) is 4.31. The molecule has 0 radical (unpaired) electrons. The maximum absolute atomic E-state index is 14.0. The summed E-state index contributed by atoms with van der Waals surface area (Å²) < 4.78 is 26.3. The van der Waals surface area contributed by atoms with Gasteiger partial charge < -0.3 is 0 Å². The van der Waals surface area contributed by atoms with Gasteiger partial charge in [0.2, 0.25) is 0 Å². The van der Waals surface area contributed by atoms with Gasteiger partial charge in [-0.1, -0.05) is 29.8 Å². The number of nitriles is 1. The van der Waals surface area contributed by atoms with Gasteiger partial charge in [-0.25, -0.2) is 4.39 Å². The maximum Gasteiger partial charge on any atom is 0.145 e. The van der Waals surface area contributed by atoms with Crippen molar-refractivity contribution in [3.8, 4) is 6.07 Å². The summed E-state index contributed by atoms with van der Waals surface area (Å²) in [7, 11) is -1.32. The van der Waals surface area contributed by atoms with Crippen molar-refractivity contribution in [1.82, 2.24) is 0 Å². The van der Waals surface area contributed by atoms with E-state index in [0.717, 1.165) is 11.1 Å². The molecule has 20 heavy (non-hydrogen) atoms. The van der Waals surface area contributed by atoms with Crippen LogP contribution in [0.5, 0.6) is 0 Å². The highest BCUT2D eigenvalue weighted by Crippen LogP contribution is 2.20. The first-order chi connectivity index (χ1) is 9.52. The Morgan fingerprint density at radius 3 is 2.65 bits per heavy atom. The Bertz CT molecular complexity index is 719. The summed E-state index contributed by atoms with van der Waals surface area (Å²) in [4.78, 5) is 0.706. The number of hydrogen-bond acceptors (Lipinski definition) is 2. The van der Waals surface area contributed by atoms with Crippen LogP contribution in [-0.2, 0) is 16.6 Å². The molecule has 2 nitrogen and oxygen atoms in total. The predicted octanol–water partition coefficient (Wildman–Crippen LogP) is 3.62. The molecular weight excluding hydrogens is 273 g/mol. The van der Waals surface area contributed by atoms with Gasteiger partial charge in [-0.3, -0.25) is 4.21 Å². The van der Waals surface area contributed by atoms with Gasteiger partial charge in [-0.15, -0.1) is 0 Å². The molecule has 0 N–H and O–H groups in total. The molecule has 2 aromatic carbocycles. The average molecular weight is 287 g/mol. The van der Waals surface area contributed by atoms with E-state index >= 15 is 0 Å². The third-order valence-corrected chi connectivity index (χ3v) is 4.58. The van der Waals surface area contributed by atoms with Crippen LogP contribution in [0.25, 0.3) is 0 Å². The summed E-state index contributed by atoms with van der Waals surface area (Å²) in [5, 5.41) is 8.80. The summed E-state index contributed by atoms with van der Waals surface area (Å²) in [5.41, 5.74) is 2.32. The minimum Gasteiger partial charge on any atom is -0.254 e. The van der Waals surface area contributed by atoms with Crippen molar-refractivity contribution >= 4 is 10.8 Å². The lowest BCUT2D eigenvalue weighted by atomic mass is 10.1. The van der Waals surface area contributed by atoms with E-state index in [9.17, 15) is 8.60 Å². The van der Waals surface area contributed by atoms with Gasteiger partial charge >= 0.3 is 0 Å². The lowest BCUT2D eigenvalue weighted by Gasteiger charge is -2.08. The molecule has 102 valence electrons. The molecule has 1 atom stereocenters. The Hall–Kier alpha value is -1.99. The van der Waals surface area contributed by atoms with Crippen molar-refractivity contribution < 1.29 is 8.60 Å². The van der Waals surface area contributed by atoms with Gasteiger partial charge in [0.05, 0.1) is 22.1 Å². The summed E-state index contributed by atoms with van der Waals surface area (Å²) in [5.74, 6) is -0.501. The second-order valence-electron chi connectivity index (χ2n) is 4.65. The van der Waals surface area contributed by atoms with Gasteiger partial charge in [0.25, 0.3) is 0 Å². The van der Waals surface area contributed by atoms with Crippen molar-refractivity contribution in [2.24, 2.45) is 0 Å². The Balaban J connectivity index is 2.31. The van der Waals surface area contributed by atoms with Crippen LogP contribution in [0.15, 0.2) is 41.3 Å². The van der Waals surface area contributed by atoms with Gasteiger partial charge in [-0.05, 0) is 31.5 Å². The number of benzene rings is 2. The topological polar surface area (TPSA) is 40.9 Å². The molecule has 0 heterocycles. The van der Waals surface area contributed by atoms with Gasteiger partial charge in [0.1, 0.15) is 11.9 Å². The van der Waals surface area contributed by atoms with Crippen LogP contribution in [0.2, 0.25) is 0 Å². The van der Waals surface area contributed by atoms with Crippen LogP contribution in [0, 0.1) is 31.0 Å². The summed E-state index contributed by atoms with van der Waals surface area (Å²) >= 11 is 0. The minimum atomic E-state index is -1.32. The van der Waals surface area contributed by atoms with E-state index in [1.54, 1.807) is 18.2 Å². The summed E-state index contributed by atoms with van der Waals surface area (Å²) in [6.07, 6.45) is 0. The highest BCUT2D eigenvalue weighted by molar-refractivity contribution is 7.84. The van der Waals surface area contributed by atoms with E-state index < -0.39 is 16.6 Å². The zero-order chi connectivity index (χ0) is 14.7. The fourth-order valence-electron chi connectivity index (χ4n) is 2.05. The number of hydrogen-bond donors (Lipinski definition) is 0. The van der Waals surface area contributed by atoms with Gasteiger partial charge in [-0.2, -0.15) is 5.26 Å². The molecule has 4 heteroatoms. The second-order valence-corrected chi connectivity index (χ2v) is 6.07. The van der Waals surface area contributed by atoms with Crippen LogP contribution in [0.3, 0.4) is 0 Å². The number of rotatable bonds is 3. The molecule has 0 aliphatic carbocycles. The molecule has 0 aliphatic rings. The molecule has 1 unspecified atom stereocenters. The molecular formula is C16H14FNOS. The van der Waals surface area contributed by atoms with E-state index in [4.69, 9.17) is 5.26 Å². The second kappa shape index (κ2) is 5.98. The summed E-state index contributed by atoms with van der Waals surface area (Å²) in [6.45, 7) is 3.86. The van der Waals surface area contributed by atoms with Crippen LogP contribution in [0.1, 0.15) is 22.3 Å². The number of nitrogens with zero attached hydrogens (tertiary/aromatic N) is 1. The van der Waals surface area contributed by atoms with Crippen molar-refractivity contribution in [3.63, 3.8) is 0 Å². The van der Waals surface area contributed by atoms with Crippen LogP contribution >= 0.6 is 0 Å². The van der Waals surface area contributed by atoms with E-state index in [1.807, 2.05) is 32.0 Å². The summed E-state index contributed by atoms with van der Waals surface area (Å²) in [6, 6.07) is 12.0. The molecule has 0 spiro atoms. The van der Waals surface area contributed by atoms with Crippen LogP contribution in [0.4, 0.5) is 4.39 Å². The van der Waals surface area contributed by atoms with Crippen LogP contribution < -0.4 is 0 Å². The standard InChI is InChI=1S/C16H14FNOS/c1-11-6-7-15(12(2)8-11)20(19)10-14-5-3-4-13(9-18)16(14)17/h3-8H,10H2,1-2H3. The molecule has 0 fully saturated rings. The van der Waals surface area contributed by atoms with E-state index in [0.29, 0.717) is 10.5 Å². The lowest BCUT2D eigenvalue weighted by molar-refractivity contribution is 0.611. The molecule has 0 saturated carbocycles. The van der Waals surface area contributed by atoms with E-state index in [-0.39, 0.29) is 11.3 Å². The molecule has 0 amide bonds. The average Bonchev–Trinajstić information content (AvgIpc) is 2.41. The maximum atomic E-state index is 14.0. The van der Waals surface area contributed by atoms with Crippen LogP contribution in [-0.4, -0.2) is 4.21 Å². The lowest BCUT2D eigenvalue weighted by Crippen LogP contribution is -2.02. The quantitative estimate of drug-likeness (QED) is 0.865. The SMILES string of the molecule is Cc1ccc(S(=O)Cc2cccc(C#N)c2F)c(C)c1. The Labute approximate surface area is 120 Å². The smallest absolute Gasteiger partial charge is 0.145 e. The largest absolute Gasteiger partial charge is 0.254 e. The van der Waals surface area contributed by atoms with Crippen molar-refractivity contribution in [2.75, 3.05) is 0 Å². The van der Waals surface area contributed by atoms with Gasteiger partial charge in [0.15, 0.2) is 0 Å². The minimum absolute atomic E-state index is 0.0138. The highest BCUT2D eigenvalue weighted by Gasteiger charge is 2.13. The molecule has 0 aromatic heterocycles. The van der Waals surface area contributed by atoms with Gasteiger partial charge in [0, 0.05) is 10.5 Å². The zero-order valence-corrected chi connectivity index (χ0v) is 12.1. The first-order valence-electron chi connectivity index (χ1n) is 6.16. The first-order valence-corrected chi connectivity index (χ1v) is 7.48. The molecule has 0 bridgehead atoms. The fourth-order valence-corrected chi connectivity index (χ4v) is 3.35. The Morgan fingerprint density at radius 2 is 2.00 bits per heavy atom. The fraction of sp³-hybridized carbons (Fsp3) is 0.188.